The summed E-state index contributed by atoms with van der Waals surface area (Å²) in [6.07, 6.45) is 0. The van der Waals surface area contributed by atoms with Crippen LogP contribution in [0, 0.1) is 0 Å². The molecule has 330 valence electrons. The molecule has 4 heteroatoms. The molecule has 2 nitrogen and oxygen atoms in total. The van der Waals surface area contributed by atoms with Crippen LogP contribution in [0.2, 0.25) is 0 Å². The molecule has 0 amide bonds. The SMILES string of the molecule is c1ccc([Si](c2ccccc2)(c2ccccc2)c2cccc(-n3c4ccccc4c4ccc5c6ccccc6n(-c6cccc([Si](c7ccccc7)(c7ccccc7)c7ccccc7)c6)c5c43)c2)cc1. The van der Waals surface area contributed by atoms with Crippen LogP contribution in [0.25, 0.3) is 55.0 Å². The Bertz CT molecular complexity index is 3520. The number of rotatable bonds is 10. The average Bonchev–Trinajstić information content (AvgIpc) is 3.97. The van der Waals surface area contributed by atoms with Crippen LogP contribution in [0.15, 0.2) is 291 Å². The fraction of sp³-hybridized carbons (Fsp3) is 0. The minimum absolute atomic E-state index is 1.14. The molecule has 13 rings (SSSR count). The number of fused-ring (bicyclic) bond motifs is 7. The second-order valence-electron chi connectivity index (χ2n) is 18.4. The van der Waals surface area contributed by atoms with Crippen molar-refractivity contribution in [2.24, 2.45) is 0 Å². The second kappa shape index (κ2) is 17.2. The zero-order valence-electron chi connectivity index (χ0n) is 38.6. The predicted octanol–water partition coefficient (Wildman–Crippen LogP) is 10.6. The van der Waals surface area contributed by atoms with E-state index in [0.29, 0.717) is 0 Å². The summed E-state index contributed by atoms with van der Waals surface area (Å²) < 4.78 is 5.12. The van der Waals surface area contributed by atoms with Gasteiger partial charge in [0.15, 0.2) is 16.1 Å². The van der Waals surface area contributed by atoms with Gasteiger partial charge in [-0.25, -0.2) is 0 Å². The van der Waals surface area contributed by atoms with E-state index in [2.05, 4.69) is 300 Å². The highest BCUT2D eigenvalue weighted by Gasteiger charge is 2.43. The molecular formula is C66H48N2Si2. The smallest absolute Gasteiger partial charge is 0.179 e. The lowest BCUT2D eigenvalue weighted by Gasteiger charge is -2.34. The summed E-state index contributed by atoms with van der Waals surface area (Å²) in [6, 6.07) is 109. The fourth-order valence-electron chi connectivity index (χ4n) is 11.9. The molecule has 2 heterocycles. The van der Waals surface area contributed by atoms with Crippen molar-refractivity contribution in [3.05, 3.63) is 291 Å². The van der Waals surface area contributed by atoms with Gasteiger partial charge in [0.1, 0.15) is 0 Å². The standard InChI is InChI=1S/C66H48N2Si2/c1-7-27-51(28-8-1)69(52-29-9-2-10-30-52,53-31-11-3-12-32-53)57-39-23-25-49(47-57)67-63-43-21-19-41-59(63)61-45-46-62-60-42-20-22-44-64(60)68(66(62)65(61)67)50-26-24-40-58(48-50)70(54-33-13-4-14-34-54,55-35-15-5-16-36-55)56-37-17-6-18-38-56/h1-48H. The molecular weight excluding hydrogens is 877 g/mol. The first-order valence-electron chi connectivity index (χ1n) is 24.3. The first-order valence-corrected chi connectivity index (χ1v) is 28.3. The molecule has 11 aromatic carbocycles. The van der Waals surface area contributed by atoms with Crippen LogP contribution in [0.1, 0.15) is 0 Å². The Morgan fingerprint density at radius 1 is 0.200 bits per heavy atom. The third kappa shape index (κ3) is 6.38. The van der Waals surface area contributed by atoms with Gasteiger partial charge >= 0.3 is 0 Å². The lowest BCUT2D eigenvalue weighted by molar-refractivity contribution is 1.15. The first-order chi connectivity index (χ1) is 34.8. The zero-order valence-corrected chi connectivity index (χ0v) is 40.6. The van der Waals surface area contributed by atoms with Crippen molar-refractivity contribution in [2.75, 3.05) is 0 Å². The van der Waals surface area contributed by atoms with Gasteiger partial charge in [-0.1, -0.05) is 255 Å². The van der Waals surface area contributed by atoms with E-state index in [1.54, 1.807) is 0 Å². The molecule has 0 aliphatic carbocycles. The van der Waals surface area contributed by atoms with E-state index in [4.69, 9.17) is 0 Å². The third-order valence-corrected chi connectivity index (χ3v) is 24.3. The van der Waals surface area contributed by atoms with Gasteiger partial charge in [0.2, 0.25) is 0 Å². The van der Waals surface area contributed by atoms with Crippen LogP contribution in [-0.2, 0) is 0 Å². The monoisotopic (exact) mass is 924 g/mol. The molecule has 70 heavy (non-hydrogen) atoms. The van der Waals surface area contributed by atoms with Crippen LogP contribution >= 0.6 is 0 Å². The molecule has 0 fully saturated rings. The Balaban J connectivity index is 1.13. The van der Waals surface area contributed by atoms with Crippen molar-refractivity contribution in [1.82, 2.24) is 9.13 Å². The zero-order chi connectivity index (χ0) is 46.5. The van der Waals surface area contributed by atoms with Gasteiger partial charge in [0, 0.05) is 32.9 Å². The molecule has 0 aliphatic heterocycles. The van der Waals surface area contributed by atoms with Crippen molar-refractivity contribution in [3.8, 4) is 11.4 Å². The number of hydrogen-bond donors (Lipinski definition) is 0. The third-order valence-electron chi connectivity index (χ3n) is 14.8. The Morgan fingerprint density at radius 2 is 0.457 bits per heavy atom. The quantitative estimate of drug-likeness (QED) is 0.0956. The van der Waals surface area contributed by atoms with Crippen LogP contribution in [0.3, 0.4) is 0 Å². The van der Waals surface area contributed by atoms with E-state index in [0.717, 1.165) is 11.4 Å². The summed E-state index contributed by atoms with van der Waals surface area (Å²) in [5.41, 5.74) is 7.05. The van der Waals surface area contributed by atoms with E-state index in [9.17, 15) is 0 Å². The number of nitrogens with zero attached hydrogens (tertiary/aromatic N) is 2. The molecule has 0 saturated carbocycles. The number of para-hydroxylation sites is 2. The van der Waals surface area contributed by atoms with Gasteiger partial charge in [-0.3, -0.25) is 0 Å². The topological polar surface area (TPSA) is 9.86 Å². The van der Waals surface area contributed by atoms with Gasteiger partial charge in [-0.2, -0.15) is 0 Å². The lowest BCUT2D eigenvalue weighted by Crippen LogP contribution is -2.74. The van der Waals surface area contributed by atoms with E-state index < -0.39 is 16.1 Å². The summed E-state index contributed by atoms with van der Waals surface area (Å²) in [4.78, 5) is 0. The average molecular weight is 925 g/mol. The molecule has 0 atom stereocenters. The lowest BCUT2D eigenvalue weighted by atomic mass is 10.1. The first kappa shape index (κ1) is 41.6. The highest BCUT2D eigenvalue weighted by molar-refractivity contribution is 7.20. The summed E-state index contributed by atoms with van der Waals surface area (Å²) in [5, 5.41) is 15.7. The Kier molecular flexibility index (Phi) is 10.2. The van der Waals surface area contributed by atoms with E-state index >= 15 is 0 Å². The highest BCUT2D eigenvalue weighted by Crippen LogP contribution is 2.41. The second-order valence-corrected chi connectivity index (χ2v) is 26.0. The van der Waals surface area contributed by atoms with Crippen molar-refractivity contribution >= 4 is 101 Å². The maximum atomic E-state index is 2.56. The minimum Gasteiger partial charge on any atom is -0.307 e. The normalized spacial score (nSPS) is 12.0. The number of benzene rings is 11. The van der Waals surface area contributed by atoms with Crippen LogP contribution in [-0.4, -0.2) is 25.3 Å². The van der Waals surface area contributed by atoms with Crippen LogP contribution < -0.4 is 41.5 Å². The fourth-order valence-corrected chi connectivity index (χ4v) is 21.5. The molecule has 0 N–H and O–H groups in total. The number of aromatic nitrogens is 2. The Morgan fingerprint density at radius 3 is 0.757 bits per heavy atom. The van der Waals surface area contributed by atoms with Crippen molar-refractivity contribution in [3.63, 3.8) is 0 Å². The summed E-state index contributed by atoms with van der Waals surface area (Å²) >= 11 is 0. The molecule has 0 aliphatic rings. The molecule has 2 aromatic heterocycles. The van der Waals surface area contributed by atoms with E-state index in [1.807, 2.05) is 0 Å². The maximum absolute atomic E-state index is 2.85. The van der Waals surface area contributed by atoms with E-state index in [1.165, 1.54) is 85.1 Å². The summed E-state index contributed by atoms with van der Waals surface area (Å²) in [6.45, 7) is 0. The molecule has 0 radical (unpaired) electrons. The van der Waals surface area contributed by atoms with Crippen molar-refractivity contribution in [1.29, 1.82) is 0 Å². The van der Waals surface area contributed by atoms with Gasteiger partial charge in [-0.15, -0.1) is 0 Å². The minimum atomic E-state index is -2.85. The van der Waals surface area contributed by atoms with Crippen LogP contribution in [0.4, 0.5) is 0 Å². The Labute approximate surface area is 410 Å². The summed E-state index contributed by atoms with van der Waals surface area (Å²) in [7, 11) is -5.69. The van der Waals surface area contributed by atoms with E-state index in [-0.39, 0.29) is 0 Å². The molecule has 0 unspecified atom stereocenters. The number of hydrogen-bond acceptors (Lipinski definition) is 0. The summed E-state index contributed by atoms with van der Waals surface area (Å²) in [5.74, 6) is 0. The van der Waals surface area contributed by atoms with Gasteiger partial charge in [0.25, 0.3) is 0 Å². The van der Waals surface area contributed by atoms with Gasteiger partial charge < -0.3 is 9.13 Å². The van der Waals surface area contributed by atoms with Gasteiger partial charge in [-0.05, 0) is 77.9 Å². The van der Waals surface area contributed by atoms with Crippen molar-refractivity contribution < 1.29 is 0 Å². The Hall–Kier alpha value is -8.55. The molecule has 0 bridgehead atoms. The van der Waals surface area contributed by atoms with Crippen molar-refractivity contribution in [2.45, 2.75) is 0 Å². The molecule has 0 spiro atoms. The molecule has 0 saturated heterocycles. The highest BCUT2D eigenvalue weighted by atomic mass is 28.3. The maximum Gasteiger partial charge on any atom is 0.179 e. The van der Waals surface area contributed by atoms with Crippen LogP contribution in [0.5, 0.6) is 0 Å². The predicted molar refractivity (Wildman–Crippen MR) is 302 cm³/mol. The largest absolute Gasteiger partial charge is 0.307 e. The molecule has 13 aromatic rings. The van der Waals surface area contributed by atoms with Gasteiger partial charge in [0.05, 0.1) is 22.1 Å².